The molecule has 2 aromatic rings. The first-order chi connectivity index (χ1) is 12.0. The van der Waals surface area contributed by atoms with Crippen LogP contribution in [-0.4, -0.2) is 39.4 Å². The molecule has 0 heterocycles. The van der Waals surface area contributed by atoms with Gasteiger partial charge in [-0.15, -0.1) is 11.8 Å². The Morgan fingerprint density at radius 2 is 1.64 bits per heavy atom. The number of benzene rings is 2. The molecule has 0 fully saturated rings. The standard InChI is InChI=1S/C18H22N2O3S2/c1-25(22,23)20(16-9-4-2-5-10-16)15-18(21)19-13-8-14-24-17-11-6-3-7-12-17/h2-7,9-12H,8,13-15H2,1H3,(H,19,21). The van der Waals surface area contributed by atoms with Crippen molar-refractivity contribution in [3.05, 3.63) is 60.7 Å². The van der Waals surface area contributed by atoms with E-state index in [2.05, 4.69) is 5.32 Å². The first-order valence-electron chi connectivity index (χ1n) is 7.94. The van der Waals surface area contributed by atoms with Crippen molar-refractivity contribution < 1.29 is 13.2 Å². The fourth-order valence-electron chi connectivity index (χ4n) is 2.19. The highest BCUT2D eigenvalue weighted by Crippen LogP contribution is 2.18. The third-order valence-corrected chi connectivity index (χ3v) is 5.63. The fourth-order valence-corrected chi connectivity index (χ4v) is 3.92. The molecule has 0 aliphatic heterocycles. The van der Waals surface area contributed by atoms with Crippen molar-refractivity contribution in [3.63, 3.8) is 0 Å². The Morgan fingerprint density at radius 3 is 2.24 bits per heavy atom. The Hall–Kier alpha value is -1.99. The van der Waals surface area contributed by atoms with Crippen molar-refractivity contribution in [1.82, 2.24) is 5.32 Å². The molecule has 1 amide bonds. The van der Waals surface area contributed by atoms with E-state index in [1.54, 1.807) is 42.1 Å². The number of anilines is 1. The Labute approximate surface area is 153 Å². The summed E-state index contributed by atoms with van der Waals surface area (Å²) in [5.74, 6) is 0.581. The number of hydrogen-bond acceptors (Lipinski definition) is 4. The van der Waals surface area contributed by atoms with Gasteiger partial charge in [-0.2, -0.15) is 0 Å². The number of para-hydroxylation sites is 1. The summed E-state index contributed by atoms with van der Waals surface area (Å²) in [6.07, 6.45) is 1.92. The number of sulfonamides is 1. The summed E-state index contributed by atoms with van der Waals surface area (Å²) < 4.78 is 25.0. The van der Waals surface area contributed by atoms with Gasteiger partial charge in [0.05, 0.1) is 11.9 Å². The van der Waals surface area contributed by atoms with Gasteiger partial charge in [-0.25, -0.2) is 8.42 Å². The highest BCUT2D eigenvalue weighted by molar-refractivity contribution is 7.99. The first kappa shape index (κ1) is 19.3. The van der Waals surface area contributed by atoms with Gasteiger partial charge >= 0.3 is 0 Å². The zero-order chi connectivity index (χ0) is 18.1. The number of amides is 1. The molecule has 0 radical (unpaired) electrons. The average Bonchev–Trinajstić information content (AvgIpc) is 2.60. The van der Waals surface area contributed by atoms with Crippen LogP contribution in [0.2, 0.25) is 0 Å². The van der Waals surface area contributed by atoms with E-state index in [-0.39, 0.29) is 12.5 Å². The van der Waals surface area contributed by atoms with E-state index in [9.17, 15) is 13.2 Å². The Kier molecular flexibility index (Phi) is 7.33. The van der Waals surface area contributed by atoms with Crippen molar-refractivity contribution in [2.45, 2.75) is 11.3 Å². The topological polar surface area (TPSA) is 66.5 Å². The van der Waals surface area contributed by atoms with Gasteiger partial charge in [0, 0.05) is 11.4 Å². The lowest BCUT2D eigenvalue weighted by Crippen LogP contribution is -2.40. The number of carbonyl (C=O) groups excluding carboxylic acids is 1. The minimum atomic E-state index is -3.52. The first-order valence-corrected chi connectivity index (χ1v) is 10.8. The molecule has 0 spiro atoms. The molecular formula is C18H22N2O3S2. The summed E-state index contributed by atoms with van der Waals surface area (Å²) in [5, 5.41) is 2.78. The maximum atomic E-state index is 12.1. The minimum Gasteiger partial charge on any atom is -0.354 e. The second-order valence-corrected chi connectivity index (χ2v) is 8.55. The molecule has 134 valence electrons. The highest BCUT2D eigenvalue weighted by atomic mass is 32.2. The summed E-state index contributed by atoms with van der Waals surface area (Å²) >= 11 is 1.73. The number of nitrogens with one attached hydrogen (secondary N) is 1. The number of hydrogen-bond donors (Lipinski definition) is 1. The molecule has 2 rings (SSSR count). The van der Waals surface area contributed by atoms with Crippen LogP contribution in [-0.2, 0) is 14.8 Å². The highest BCUT2D eigenvalue weighted by Gasteiger charge is 2.20. The largest absolute Gasteiger partial charge is 0.354 e. The quantitative estimate of drug-likeness (QED) is 0.538. The van der Waals surface area contributed by atoms with Gasteiger partial charge in [0.2, 0.25) is 15.9 Å². The van der Waals surface area contributed by atoms with Crippen LogP contribution in [0, 0.1) is 0 Å². The van der Waals surface area contributed by atoms with Crippen LogP contribution >= 0.6 is 11.8 Å². The molecule has 1 N–H and O–H groups in total. The Balaban J connectivity index is 1.78. The normalized spacial score (nSPS) is 11.1. The fraction of sp³-hybridized carbons (Fsp3) is 0.278. The summed E-state index contributed by atoms with van der Waals surface area (Å²) in [5.41, 5.74) is 0.486. The second-order valence-electron chi connectivity index (χ2n) is 5.47. The molecule has 0 aliphatic rings. The van der Waals surface area contributed by atoms with Crippen LogP contribution in [0.25, 0.3) is 0 Å². The smallest absolute Gasteiger partial charge is 0.240 e. The number of thioether (sulfide) groups is 1. The molecule has 0 aromatic heterocycles. The minimum absolute atomic E-state index is 0.214. The zero-order valence-corrected chi connectivity index (χ0v) is 15.7. The van der Waals surface area contributed by atoms with Gasteiger partial charge in [0.25, 0.3) is 0 Å². The van der Waals surface area contributed by atoms with Gasteiger partial charge in [-0.1, -0.05) is 36.4 Å². The van der Waals surface area contributed by atoms with E-state index < -0.39 is 10.0 Å². The van der Waals surface area contributed by atoms with Gasteiger partial charge in [0.15, 0.2) is 0 Å². The zero-order valence-electron chi connectivity index (χ0n) is 14.1. The van der Waals surface area contributed by atoms with Crippen LogP contribution in [0.4, 0.5) is 5.69 Å². The van der Waals surface area contributed by atoms with Gasteiger partial charge in [-0.3, -0.25) is 9.10 Å². The van der Waals surface area contributed by atoms with Crippen LogP contribution in [0.5, 0.6) is 0 Å². The van der Waals surface area contributed by atoms with E-state index in [0.29, 0.717) is 12.2 Å². The molecule has 0 aliphatic carbocycles. The lowest BCUT2D eigenvalue weighted by molar-refractivity contribution is -0.119. The van der Waals surface area contributed by atoms with Gasteiger partial charge < -0.3 is 5.32 Å². The van der Waals surface area contributed by atoms with E-state index >= 15 is 0 Å². The van der Waals surface area contributed by atoms with Gasteiger partial charge in [-0.05, 0) is 36.4 Å². The number of rotatable bonds is 9. The third-order valence-electron chi connectivity index (χ3n) is 3.39. The molecule has 7 heteroatoms. The molecule has 0 saturated carbocycles. The molecule has 2 aromatic carbocycles. The van der Waals surface area contributed by atoms with Crippen LogP contribution in [0.3, 0.4) is 0 Å². The summed E-state index contributed by atoms with van der Waals surface area (Å²) in [6.45, 7) is 0.305. The number of carbonyl (C=O) groups is 1. The van der Waals surface area contributed by atoms with E-state index in [4.69, 9.17) is 0 Å². The summed E-state index contributed by atoms with van der Waals surface area (Å²) in [4.78, 5) is 13.3. The van der Waals surface area contributed by atoms with Crippen molar-refractivity contribution >= 4 is 33.4 Å². The van der Waals surface area contributed by atoms with E-state index in [1.165, 1.54) is 4.90 Å². The van der Waals surface area contributed by atoms with Crippen LogP contribution in [0.15, 0.2) is 65.6 Å². The molecule has 25 heavy (non-hydrogen) atoms. The molecule has 0 saturated heterocycles. The maximum absolute atomic E-state index is 12.1. The maximum Gasteiger partial charge on any atom is 0.240 e. The summed E-state index contributed by atoms with van der Waals surface area (Å²) in [6, 6.07) is 18.7. The molecule has 0 atom stereocenters. The van der Waals surface area contributed by atoms with Crippen molar-refractivity contribution in [1.29, 1.82) is 0 Å². The van der Waals surface area contributed by atoms with E-state index in [0.717, 1.165) is 22.7 Å². The van der Waals surface area contributed by atoms with Crippen molar-refractivity contribution in [2.24, 2.45) is 0 Å². The van der Waals surface area contributed by atoms with Crippen molar-refractivity contribution in [3.8, 4) is 0 Å². The predicted octanol–water partition coefficient (Wildman–Crippen LogP) is 2.75. The average molecular weight is 379 g/mol. The predicted molar refractivity (Wildman–Crippen MR) is 103 cm³/mol. The SMILES string of the molecule is CS(=O)(=O)N(CC(=O)NCCCSc1ccccc1)c1ccccc1. The molecule has 5 nitrogen and oxygen atoms in total. The third kappa shape index (κ3) is 6.80. The second kappa shape index (κ2) is 9.48. The Bertz CT molecular complexity index is 765. The summed E-state index contributed by atoms with van der Waals surface area (Å²) in [7, 11) is -3.52. The molecule has 0 unspecified atom stereocenters. The van der Waals surface area contributed by atoms with Crippen LogP contribution in [0.1, 0.15) is 6.42 Å². The van der Waals surface area contributed by atoms with E-state index in [1.807, 2.05) is 30.3 Å². The Morgan fingerprint density at radius 1 is 1.04 bits per heavy atom. The lowest BCUT2D eigenvalue weighted by atomic mass is 10.3. The van der Waals surface area contributed by atoms with Gasteiger partial charge in [0.1, 0.15) is 6.54 Å². The molecule has 0 bridgehead atoms. The lowest BCUT2D eigenvalue weighted by Gasteiger charge is -2.21. The monoisotopic (exact) mass is 378 g/mol. The number of nitrogens with zero attached hydrogens (tertiary/aromatic N) is 1. The molecular weight excluding hydrogens is 356 g/mol. The van der Waals surface area contributed by atoms with Crippen LogP contribution < -0.4 is 9.62 Å². The van der Waals surface area contributed by atoms with Crippen molar-refractivity contribution in [2.75, 3.05) is 29.4 Å².